The van der Waals surface area contributed by atoms with Crippen LogP contribution in [0.2, 0.25) is 0 Å². The molecule has 0 spiro atoms. The Morgan fingerprint density at radius 2 is 2.07 bits per heavy atom. The van der Waals surface area contributed by atoms with Crippen molar-refractivity contribution in [3.8, 4) is 0 Å². The molecular weight excluding hydrogens is 458 g/mol. The topological polar surface area (TPSA) is 111 Å². The highest BCUT2D eigenvalue weighted by Gasteiger charge is 2.40. The number of benzene rings is 1. The maximum atomic E-state index is 12.4. The molecule has 1 heterocycles. The first-order chi connectivity index (χ1) is 13.0. The third-order valence-corrected chi connectivity index (χ3v) is 4.52. The molecule has 1 amide bonds. The van der Waals surface area contributed by atoms with Crippen molar-refractivity contribution in [2.24, 2.45) is 0 Å². The van der Waals surface area contributed by atoms with Gasteiger partial charge in [0.15, 0.2) is 0 Å². The molecule has 1 N–H and O–H groups in total. The molecule has 9 nitrogen and oxygen atoms in total. The van der Waals surface area contributed by atoms with Crippen LogP contribution in [0.1, 0.15) is 20.8 Å². The van der Waals surface area contributed by atoms with E-state index in [0.29, 0.717) is 4.47 Å². The lowest BCUT2D eigenvalue weighted by Gasteiger charge is -2.24. The molecule has 1 aromatic carbocycles. The van der Waals surface area contributed by atoms with E-state index in [9.17, 15) is 19.7 Å². The highest BCUT2D eigenvalue weighted by molar-refractivity contribution is 9.10. The molecule has 1 aliphatic rings. The van der Waals surface area contributed by atoms with Crippen LogP contribution < -0.4 is 5.32 Å². The Bertz CT molecular complexity index is 770. The van der Waals surface area contributed by atoms with E-state index in [2.05, 4.69) is 21.2 Å². The smallest absolute Gasteiger partial charge is 0.410 e. The van der Waals surface area contributed by atoms with Crippen molar-refractivity contribution in [3.63, 3.8) is 0 Å². The molecular formula is C17H21BrClN3O6. The number of alkyl halides is 1. The number of amides is 1. The Morgan fingerprint density at radius 1 is 1.39 bits per heavy atom. The average molecular weight is 479 g/mol. The van der Waals surface area contributed by atoms with E-state index in [4.69, 9.17) is 21.1 Å². The van der Waals surface area contributed by atoms with Crippen LogP contribution in [0.25, 0.3) is 0 Å². The second kappa shape index (κ2) is 8.95. The van der Waals surface area contributed by atoms with E-state index in [1.807, 2.05) is 0 Å². The predicted octanol–water partition coefficient (Wildman–Crippen LogP) is 3.54. The highest BCUT2D eigenvalue weighted by Crippen LogP contribution is 2.30. The number of hydrogen-bond acceptors (Lipinski definition) is 7. The molecule has 0 bridgehead atoms. The molecule has 0 aliphatic carbocycles. The van der Waals surface area contributed by atoms with Gasteiger partial charge in [0, 0.05) is 17.1 Å². The predicted molar refractivity (Wildman–Crippen MR) is 107 cm³/mol. The van der Waals surface area contributed by atoms with E-state index in [1.54, 1.807) is 32.9 Å². The minimum Gasteiger partial charge on any atom is -0.457 e. The van der Waals surface area contributed by atoms with Crippen LogP contribution >= 0.6 is 27.5 Å². The Kier molecular flexibility index (Phi) is 7.11. The van der Waals surface area contributed by atoms with E-state index in [-0.39, 0.29) is 30.3 Å². The van der Waals surface area contributed by atoms with Gasteiger partial charge in [0.05, 0.1) is 17.5 Å². The minimum atomic E-state index is -0.734. The highest BCUT2D eigenvalue weighted by atomic mass is 79.9. The van der Waals surface area contributed by atoms with E-state index < -0.39 is 34.7 Å². The zero-order valence-electron chi connectivity index (χ0n) is 15.6. The maximum absolute atomic E-state index is 12.4. The number of nitrogens with one attached hydrogen (secondary N) is 1. The summed E-state index contributed by atoms with van der Waals surface area (Å²) in [5.74, 6) is -0.983. The number of nitro benzene ring substituents is 1. The van der Waals surface area contributed by atoms with Crippen LogP contribution in [-0.2, 0) is 14.3 Å². The fraction of sp³-hybridized carbons (Fsp3) is 0.529. The second-order valence-corrected chi connectivity index (χ2v) is 8.40. The molecule has 1 aromatic rings. The monoisotopic (exact) mass is 477 g/mol. The first kappa shape index (κ1) is 22.2. The van der Waals surface area contributed by atoms with Gasteiger partial charge in [-0.3, -0.25) is 14.9 Å². The SMILES string of the molecule is CC(C)(C)OC(=O)N1CC(Nc2ccc(Br)cc2[N+](=O)[O-])C(OC(=O)CCl)C1. The van der Waals surface area contributed by atoms with Gasteiger partial charge in [-0.15, -0.1) is 11.6 Å². The summed E-state index contributed by atoms with van der Waals surface area (Å²) in [4.78, 5) is 36.2. The van der Waals surface area contributed by atoms with Crippen molar-refractivity contribution < 1.29 is 24.0 Å². The first-order valence-electron chi connectivity index (χ1n) is 8.44. The van der Waals surface area contributed by atoms with Crippen molar-refractivity contribution in [2.75, 3.05) is 24.3 Å². The van der Waals surface area contributed by atoms with E-state index >= 15 is 0 Å². The fourth-order valence-corrected chi connectivity index (χ4v) is 3.10. The Morgan fingerprint density at radius 3 is 2.64 bits per heavy atom. The number of anilines is 1. The molecule has 154 valence electrons. The van der Waals surface area contributed by atoms with Gasteiger partial charge in [0.2, 0.25) is 0 Å². The lowest BCUT2D eigenvalue weighted by atomic mass is 10.2. The lowest BCUT2D eigenvalue weighted by Crippen LogP contribution is -2.36. The van der Waals surface area contributed by atoms with Gasteiger partial charge in [-0.25, -0.2) is 4.79 Å². The van der Waals surface area contributed by atoms with Crippen LogP contribution in [0.4, 0.5) is 16.2 Å². The first-order valence-corrected chi connectivity index (χ1v) is 9.76. The third-order valence-electron chi connectivity index (χ3n) is 3.81. The van der Waals surface area contributed by atoms with Crippen molar-refractivity contribution in [1.29, 1.82) is 0 Å². The molecule has 1 aliphatic heterocycles. The molecule has 0 saturated carbocycles. The molecule has 28 heavy (non-hydrogen) atoms. The Labute approximate surface area is 175 Å². The van der Waals surface area contributed by atoms with Crippen LogP contribution in [0.5, 0.6) is 0 Å². The summed E-state index contributed by atoms with van der Waals surface area (Å²) < 4.78 is 11.2. The fourth-order valence-electron chi connectivity index (χ4n) is 2.69. The van der Waals surface area contributed by atoms with Gasteiger partial charge in [-0.2, -0.15) is 0 Å². The summed E-state index contributed by atoms with van der Waals surface area (Å²) in [6.07, 6.45) is -1.30. The van der Waals surface area contributed by atoms with Crippen LogP contribution in [0, 0.1) is 10.1 Å². The van der Waals surface area contributed by atoms with E-state index in [0.717, 1.165) is 0 Å². The van der Waals surface area contributed by atoms with Gasteiger partial charge in [0.25, 0.3) is 5.69 Å². The summed E-state index contributed by atoms with van der Waals surface area (Å²) in [7, 11) is 0. The summed E-state index contributed by atoms with van der Waals surface area (Å²) >= 11 is 8.72. The van der Waals surface area contributed by atoms with Crippen LogP contribution in [0.15, 0.2) is 22.7 Å². The average Bonchev–Trinajstić information content (AvgIpc) is 2.97. The number of ether oxygens (including phenoxy) is 2. The molecule has 11 heteroatoms. The number of carbonyl (C=O) groups excluding carboxylic acids is 2. The number of nitro groups is 1. The molecule has 2 atom stereocenters. The molecule has 2 unspecified atom stereocenters. The van der Waals surface area contributed by atoms with Crippen molar-refractivity contribution in [2.45, 2.75) is 38.5 Å². The molecule has 2 rings (SSSR count). The van der Waals surface area contributed by atoms with Crippen molar-refractivity contribution in [1.82, 2.24) is 4.90 Å². The minimum absolute atomic E-state index is 0.0829. The zero-order chi connectivity index (χ0) is 21.1. The third kappa shape index (κ3) is 5.96. The number of likely N-dealkylation sites (tertiary alicyclic amines) is 1. The zero-order valence-corrected chi connectivity index (χ0v) is 17.9. The number of nitrogens with zero attached hydrogens (tertiary/aromatic N) is 2. The van der Waals surface area contributed by atoms with Crippen LogP contribution in [0.3, 0.4) is 0 Å². The normalized spacial score (nSPS) is 19.2. The van der Waals surface area contributed by atoms with E-state index in [1.165, 1.54) is 11.0 Å². The van der Waals surface area contributed by atoms with Gasteiger partial charge >= 0.3 is 12.1 Å². The number of rotatable bonds is 5. The number of halogens is 2. The van der Waals surface area contributed by atoms with Gasteiger partial charge in [-0.05, 0) is 32.9 Å². The quantitative estimate of drug-likeness (QED) is 0.298. The second-order valence-electron chi connectivity index (χ2n) is 7.22. The lowest BCUT2D eigenvalue weighted by molar-refractivity contribution is -0.384. The summed E-state index contributed by atoms with van der Waals surface area (Å²) in [5.41, 5.74) is -0.584. The molecule has 1 fully saturated rings. The number of esters is 1. The maximum Gasteiger partial charge on any atom is 0.410 e. The van der Waals surface area contributed by atoms with Gasteiger partial charge in [-0.1, -0.05) is 15.9 Å². The molecule has 0 aromatic heterocycles. The standard InChI is InChI=1S/C17H21BrClN3O6/c1-17(2,3)28-16(24)21-8-12(14(9-21)27-15(23)7-19)20-11-5-4-10(18)6-13(11)22(25)26/h4-6,12,14,20H,7-9H2,1-3H3. The number of carbonyl (C=O) groups is 2. The Hall–Kier alpha value is -2.07. The largest absolute Gasteiger partial charge is 0.457 e. The van der Waals surface area contributed by atoms with Crippen molar-refractivity contribution >= 4 is 51.0 Å². The summed E-state index contributed by atoms with van der Waals surface area (Å²) in [6.45, 7) is 5.45. The Balaban J connectivity index is 2.23. The molecule has 0 radical (unpaired) electrons. The number of hydrogen-bond donors (Lipinski definition) is 1. The summed E-state index contributed by atoms with van der Waals surface area (Å²) in [6, 6.07) is 3.98. The van der Waals surface area contributed by atoms with Crippen LogP contribution in [-0.4, -0.2) is 58.6 Å². The van der Waals surface area contributed by atoms with Gasteiger partial charge in [0.1, 0.15) is 23.3 Å². The van der Waals surface area contributed by atoms with Crippen molar-refractivity contribution in [3.05, 3.63) is 32.8 Å². The van der Waals surface area contributed by atoms with Gasteiger partial charge < -0.3 is 19.7 Å². The molecule has 1 saturated heterocycles. The summed E-state index contributed by atoms with van der Waals surface area (Å²) in [5, 5.41) is 14.4.